The van der Waals surface area contributed by atoms with Gasteiger partial charge in [0.05, 0.1) is 17.9 Å². The molecule has 2 nitrogen and oxygen atoms in total. The van der Waals surface area contributed by atoms with Crippen molar-refractivity contribution in [2.75, 3.05) is 0 Å². The number of aromatic nitrogens is 2. The van der Waals surface area contributed by atoms with Gasteiger partial charge in [0, 0.05) is 12.7 Å². The minimum absolute atomic E-state index is 0.531. The molecule has 0 saturated heterocycles. The highest BCUT2D eigenvalue weighted by atomic mass is 35.5. The van der Waals surface area contributed by atoms with Gasteiger partial charge in [0.1, 0.15) is 0 Å². The lowest BCUT2D eigenvalue weighted by Crippen LogP contribution is -2.16. The average molecular weight is 225 g/mol. The van der Waals surface area contributed by atoms with Crippen molar-refractivity contribution in [1.29, 1.82) is 0 Å². The molecule has 0 aromatic carbocycles. The molecule has 1 aromatic heterocycles. The molecule has 82 valence electrons. The molecule has 3 rings (SSSR count). The van der Waals surface area contributed by atoms with Crippen molar-refractivity contribution in [3.63, 3.8) is 0 Å². The van der Waals surface area contributed by atoms with Crippen molar-refractivity contribution in [2.45, 2.75) is 38.1 Å². The first-order valence-electron chi connectivity index (χ1n) is 5.91. The molecule has 3 atom stereocenters. The molecule has 2 aliphatic rings. The van der Waals surface area contributed by atoms with Gasteiger partial charge < -0.3 is 4.57 Å². The van der Waals surface area contributed by atoms with E-state index in [1.54, 1.807) is 0 Å². The van der Waals surface area contributed by atoms with Gasteiger partial charge in [-0.05, 0) is 37.0 Å². The Balaban J connectivity index is 1.65. The summed E-state index contributed by atoms with van der Waals surface area (Å²) in [5, 5.41) is 0. The normalized spacial score (nSPS) is 33.8. The summed E-state index contributed by atoms with van der Waals surface area (Å²) in [7, 11) is 0. The van der Waals surface area contributed by atoms with Crippen LogP contribution in [0, 0.1) is 17.8 Å². The molecular weight excluding hydrogens is 208 g/mol. The number of imidazole rings is 1. The number of rotatable bonds is 3. The summed E-state index contributed by atoms with van der Waals surface area (Å²) in [6.45, 7) is 1.16. The zero-order valence-corrected chi connectivity index (χ0v) is 9.66. The summed E-state index contributed by atoms with van der Waals surface area (Å²) in [5.74, 6) is 3.47. The number of nitrogens with zero attached hydrogens (tertiary/aromatic N) is 2. The molecule has 2 fully saturated rings. The third-order valence-electron chi connectivity index (χ3n) is 4.15. The van der Waals surface area contributed by atoms with Crippen LogP contribution in [0.4, 0.5) is 0 Å². The SMILES string of the molecule is ClCc1cn(CC2CC3CCC2C3)cn1. The van der Waals surface area contributed by atoms with Crippen LogP contribution in [-0.2, 0) is 12.4 Å². The highest BCUT2D eigenvalue weighted by molar-refractivity contribution is 6.16. The Kier molecular flexibility index (Phi) is 2.47. The summed E-state index contributed by atoms with van der Waals surface area (Å²) >= 11 is 5.74. The van der Waals surface area contributed by atoms with E-state index in [1.165, 1.54) is 25.7 Å². The van der Waals surface area contributed by atoms with Crippen LogP contribution >= 0.6 is 11.6 Å². The quantitative estimate of drug-likeness (QED) is 0.722. The molecule has 0 spiro atoms. The maximum absolute atomic E-state index is 5.74. The highest BCUT2D eigenvalue weighted by Crippen LogP contribution is 2.48. The van der Waals surface area contributed by atoms with Gasteiger partial charge in [-0.2, -0.15) is 0 Å². The van der Waals surface area contributed by atoms with Gasteiger partial charge >= 0.3 is 0 Å². The predicted octanol–water partition coefficient (Wildman–Crippen LogP) is 3.06. The Hall–Kier alpha value is -0.500. The summed E-state index contributed by atoms with van der Waals surface area (Å²) in [5.41, 5.74) is 1.000. The fourth-order valence-electron chi connectivity index (χ4n) is 3.45. The largest absolute Gasteiger partial charge is 0.337 e. The van der Waals surface area contributed by atoms with E-state index in [0.29, 0.717) is 5.88 Å². The molecule has 0 amide bonds. The van der Waals surface area contributed by atoms with Crippen molar-refractivity contribution in [1.82, 2.24) is 9.55 Å². The minimum Gasteiger partial charge on any atom is -0.337 e. The van der Waals surface area contributed by atoms with Crippen LogP contribution in [-0.4, -0.2) is 9.55 Å². The van der Waals surface area contributed by atoms with Crippen LogP contribution in [0.25, 0.3) is 0 Å². The number of hydrogen-bond acceptors (Lipinski definition) is 1. The Morgan fingerprint density at radius 3 is 2.93 bits per heavy atom. The molecule has 0 aliphatic heterocycles. The van der Waals surface area contributed by atoms with E-state index in [-0.39, 0.29) is 0 Å². The third kappa shape index (κ3) is 1.80. The van der Waals surface area contributed by atoms with Gasteiger partial charge in [-0.1, -0.05) is 6.42 Å². The topological polar surface area (TPSA) is 17.8 Å². The van der Waals surface area contributed by atoms with Crippen LogP contribution in [0.5, 0.6) is 0 Å². The summed E-state index contributed by atoms with van der Waals surface area (Å²) in [6.07, 6.45) is 9.91. The van der Waals surface area contributed by atoms with Gasteiger partial charge in [-0.15, -0.1) is 11.6 Å². The van der Waals surface area contributed by atoms with E-state index in [4.69, 9.17) is 11.6 Å². The van der Waals surface area contributed by atoms with Crippen LogP contribution in [0.3, 0.4) is 0 Å². The maximum Gasteiger partial charge on any atom is 0.0950 e. The monoisotopic (exact) mass is 224 g/mol. The van der Waals surface area contributed by atoms with E-state index >= 15 is 0 Å². The van der Waals surface area contributed by atoms with Crippen LogP contribution in [0.1, 0.15) is 31.4 Å². The summed E-state index contributed by atoms with van der Waals surface area (Å²) in [4.78, 5) is 4.27. The second kappa shape index (κ2) is 3.82. The van der Waals surface area contributed by atoms with Crippen molar-refractivity contribution in [3.8, 4) is 0 Å². The molecule has 3 heteroatoms. The van der Waals surface area contributed by atoms with Crippen LogP contribution in [0.2, 0.25) is 0 Å². The molecule has 1 heterocycles. The lowest BCUT2D eigenvalue weighted by molar-refractivity contribution is 0.295. The number of hydrogen-bond donors (Lipinski definition) is 0. The summed E-state index contributed by atoms with van der Waals surface area (Å²) < 4.78 is 2.23. The smallest absolute Gasteiger partial charge is 0.0950 e. The molecule has 2 aliphatic carbocycles. The Bertz CT molecular complexity index is 347. The molecule has 0 radical (unpaired) electrons. The first kappa shape index (κ1) is 9.71. The van der Waals surface area contributed by atoms with E-state index in [0.717, 1.165) is 30.0 Å². The number of fused-ring (bicyclic) bond motifs is 2. The van der Waals surface area contributed by atoms with Gasteiger partial charge in [-0.3, -0.25) is 0 Å². The fraction of sp³-hybridized carbons (Fsp3) is 0.750. The minimum atomic E-state index is 0.531. The Morgan fingerprint density at radius 1 is 1.40 bits per heavy atom. The standard InChI is InChI=1S/C12H17ClN2/c13-5-12-7-15(8-14-12)6-11-4-9-1-2-10(11)3-9/h7-11H,1-6H2. The van der Waals surface area contributed by atoms with Gasteiger partial charge in [0.2, 0.25) is 0 Å². The molecule has 3 unspecified atom stereocenters. The fourth-order valence-corrected chi connectivity index (χ4v) is 3.58. The third-order valence-corrected chi connectivity index (χ3v) is 4.43. The Morgan fingerprint density at radius 2 is 2.33 bits per heavy atom. The van der Waals surface area contributed by atoms with Gasteiger partial charge in [0.25, 0.3) is 0 Å². The van der Waals surface area contributed by atoms with Gasteiger partial charge in [-0.25, -0.2) is 4.98 Å². The van der Waals surface area contributed by atoms with E-state index in [2.05, 4.69) is 15.7 Å². The van der Waals surface area contributed by atoms with E-state index in [9.17, 15) is 0 Å². The zero-order chi connectivity index (χ0) is 10.3. The molecule has 1 aromatic rings. The number of alkyl halides is 1. The van der Waals surface area contributed by atoms with Crippen LogP contribution < -0.4 is 0 Å². The maximum atomic E-state index is 5.74. The van der Waals surface area contributed by atoms with Crippen molar-refractivity contribution < 1.29 is 0 Å². The Labute approximate surface area is 95.6 Å². The average Bonchev–Trinajstić information content (AvgIpc) is 2.92. The second-order valence-electron chi connectivity index (χ2n) is 5.13. The second-order valence-corrected chi connectivity index (χ2v) is 5.40. The molecule has 2 bridgehead atoms. The number of halogens is 1. The molecule has 15 heavy (non-hydrogen) atoms. The van der Waals surface area contributed by atoms with E-state index < -0.39 is 0 Å². The molecular formula is C12H17ClN2. The van der Waals surface area contributed by atoms with E-state index in [1.807, 2.05) is 6.33 Å². The lowest BCUT2D eigenvalue weighted by atomic mass is 9.89. The first-order valence-corrected chi connectivity index (χ1v) is 6.45. The van der Waals surface area contributed by atoms with Crippen molar-refractivity contribution in [3.05, 3.63) is 18.2 Å². The molecule has 0 N–H and O–H groups in total. The first-order chi connectivity index (χ1) is 7.35. The lowest BCUT2D eigenvalue weighted by Gasteiger charge is -2.21. The highest BCUT2D eigenvalue weighted by Gasteiger charge is 2.39. The van der Waals surface area contributed by atoms with Crippen LogP contribution in [0.15, 0.2) is 12.5 Å². The zero-order valence-electron chi connectivity index (χ0n) is 8.90. The van der Waals surface area contributed by atoms with Crippen molar-refractivity contribution >= 4 is 11.6 Å². The van der Waals surface area contributed by atoms with Gasteiger partial charge in [0.15, 0.2) is 0 Å². The predicted molar refractivity (Wildman–Crippen MR) is 60.7 cm³/mol. The van der Waals surface area contributed by atoms with Crippen molar-refractivity contribution in [2.24, 2.45) is 17.8 Å². The molecule has 2 saturated carbocycles. The summed E-state index contributed by atoms with van der Waals surface area (Å²) in [6, 6.07) is 0.